The monoisotopic (exact) mass is 440 g/mol. The van der Waals surface area contributed by atoms with Crippen molar-refractivity contribution in [3.05, 3.63) is 83.5 Å². The maximum absolute atomic E-state index is 13.7. The molecule has 2 aliphatic heterocycles. The van der Waals surface area contributed by atoms with Gasteiger partial charge in [-0.15, -0.1) is 0 Å². The van der Waals surface area contributed by atoms with Gasteiger partial charge in [0.1, 0.15) is 5.66 Å². The van der Waals surface area contributed by atoms with E-state index in [4.69, 9.17) is 4.74 Å². The van der Waals surface area contributed by atoms with Gasteiger partial charge in [0, 0.05) is 55.3 Å². The van der Waals surface area contributed by atoms with Gasteiger partial charge in [0.15, 0.2) is 0 Å². The van der Waals surface area contributed by atoms with Gasteiger partial charge in [-0.05, 0) is 42.8 Å². The Balaban J connectivity index is 1.62. The lowest BCUT2D eigenvalue weighted by molar-refractivity contribution is -0.00395. The van der Waals surface area contributed by atoms with Crippen LogP contribution in [0.3, 0.4) is 0 Å². The summed E-state index contributed by atoms with van der Waals surface area (Å²) in [6, 6.07) is 9.36. The van der Waals surface area contributed by atoms with E-state index in [0.717, 1.165) is 31.1 Å². The van der Waals surface area contributed by atoms with E-state index in [0.29, 0.717) is 18.9 Å². The molecule has 0 spiro atoms. The van der Waals surface area contributed by atoms with Crippen molar-refractivity contribution in [2.45, 2.75) is 25.4 Å². The molecule has 0 aliphatic carbocycles. The molecule has 2 aromatic rings. The van der Waals surface area contributed by atoms with Gasteiger partial charge in [-0.25, -0.2) is 8.78 Å². The molecule has 1 aromatic carbocycles. The average molecular weight is 440 g/mol. The molecule has 1 amide bonds. The predicted octanol–water partition coefficient (Wildman–Crippen LogP) is 3.50. The zero-order valence-electron chi connectivity index (χ0n) is 18.1. The molecule has 1 atom stereocenters. The standard InChI is InChI=1S/C24H26F2N4O2/c1-23(25,26)19-5-3-4-18(14-19)22(31)29-20-15-21(17-6-8-27-9-7-17)24(2,28-16-20)30-10-12-32-13-11-30/h3-9,14-16,28H,10-13H2,1-2H3,(H,29,31). The molecular formula is C24H26F2N4O2. The number of pyridine rings is 1. The molecule has 3 heterocycles. The first-order valence-corrected chi connectivity index (χ1v) is 10.5. The molecule has 8 heteroatoms. The number of ether oxygens (including phenoxy) is 1. The number of hydrogen-bond donors (Lipinski definition) is 2. The van der Waals surface area contributed by atoms with Crippen LogP contribution in [-0.2, 0) is 10.7 Å². The lowest BCUT2D eigenvalue weighted by Crippen LogP contribution is -2.60. The number of dihydropyridines is 1. The van der Waals surface area contributed by atoms with Crippen LogP contribution in [0.1, 0.15) is 35.3 Å². The second kappa shape index (κ2) is 8.80. The third kappa shape index (κ3) is 4.56. The molecule has 0 saturated carbocycles. The van der Waals surface area contributed by atoms with Gasteiger partial charge in [-0.1, -0.05) is 12.1 Å². The fourth-order valence-corrected chi connectivity index (χ4v) is 4.01. The predicted molar refractivity (Wildman–Crippen MR) is 118 cm³/mol. The van der Waals surface area contributed by atoms with Crippen LogP contribution in [-0.4, -0.2) is 47.8 Å². The lowest BCUT2D eigenvalue weighted by atomic mass is 9.89. The molecule has 1 saturated heterocycles. The first-order valence-electron chi connectivity index (χ1n) is 10.5. The Labute approximate surface area is 186 Å². The van der Waals surface area contributed by atoms with Crippen molar-refractivity contribution in [1.82, 2.24) is 20.5 Å². The van der Waals surface area contributed by atoms with E-state index >= 15 is 0 Å². The van der Waals surface area contributed by atoms with Gasteiger partial charge in [0.05, 0.1) is 18.9 Å². The molecule has 0 radical (unpaired) electrons. The number of amides is 1. The third-order valence-electron chi connectivity index (χ3n) is 5.86. The molecule has 0 bridgehead atoms. The first kappa shape index (κ1) is 22.1. The Kier molecular flexibility index (Phi) is 6.08. The van der Waals surface area contributed by atoms with Gasteiger partial charge in [0.2, 0.25) is 0 Å². The summed E-state index contributed by atoms with van der Waals surface area (Å²) in [5.74, 6) is -3.47. The summed E-state index contributed by atoms with van der Waals surface area (Å²) in [4.78, 5) is 19.2. The second-order valence-corrected chi connectivity index (χ2v) is 8.13. The fraction of sp³-hybridized carbons (Fsp3) is 0.333. The summed E-state index contributed by atoms with van der Waals surface area (Å²) in [6.07, 6.45) is 7.11. The number of carbonyl (C=O) groups excluding carboxylic acids is 1. The number of nitrogens with zero attached hydrogens (tertiary/aromatic N) is 2. The van der Waals surface area contributed by atoms with Crippen LogP contribution in [0, 0.1) is 0 Å². The molecule has 2 N–H and O–H groups in total. The van der Waals surface area contributed by atoms with E-state index in [2.05, 4.69) is 27.4 Å². The molecule has 32 heavy (non-hydrogen) atoms. The van der Waals surface area contributed by atoms with E-state index in [1.54, 1.807) is 18.6 Å². The van der Waals surface area contributed by atoms with Gasteiger partial charge in [-0.2, -0.15) is 0 Å². The Morgan fingerprint density at radius 3 is 2.62 bits per heavy atom. The Morgan fingerprint density at radius 2 is 1.94 bits per heavy atom. The number of nitrogens with one attached hydrogen (secondary N) is 2. The first-order chi connectivity index (χ1) is 15.3. The summed E-state index contributed by atoms with van der Waals surface area (Å²) in [6.45, 7) is 5.72. The summed E-state index contributed by atoms with van der Waals surface area (Å²) in [5.41, 5.74) is 1.94. The minimum Gasteiger partial charge on any atom is -0.379 e. The van der Waals surface area contributed by atoms with Crippen molar-refractivity contribution < 1.29 is 18.3 Å². The number of benzene rings is 1. The van der Waals surface area contributed by atoms with E-state index in [1.807, 2.05) is 18.2 Å². The quantitative estimate of drug-likeness (QED) is 0.745. The number of hydrogen-bond acceptors (Lipinski definition) is 5. The molecule has 2 aliphatic rings. The number of morpholine rings is 1. The van der Waals surface area contributed by atoms with Gasteiger partial charge < -0.3 is 15.4 Å². The van der Waals surface area contributed by atoms with Gasteiger partial charge in [-0.3, -0.25) is 14.7 Å². The Hall–Kier alpha value is -3.10. The van der Waals surface area contributed by atoms with Crippen LogP contribution < -0.4 is 10.6 Å². The topological polar surface area (TPSA) is 66.5 Å². The summed E-state index contributed by atoms with van der Waals surface area (Å²) >= 11 is 0. The smallest absolute Gasteiger partial charge is 0.270 e. The molecule has 1 unspecified atom stereocenters. The van der Waals surface area contributed by atoms with Crippen molar-refractivity contribution >= 4 is 11.5 Å². The zero-order chi connectivity index (χ0) is 22.8. The number of halogens is 2. The maximum atomic E-state index is 13.7. The maximum Gasteiger partial charge on any atom is 0.270 e. The molecule has 4 rings (SSSR count). The van der Waals surface area contributed by atoms with Gasteiger partial charge in [0.25, 0.3) is 11.8 Å². The van der Waals surface area contributed by atoms with Crippen molar-refractivity contribution in [1.29, 1.82) is 0 Å². The SMILES string of the molecule is CC(F)(F)c1cccc(C(=O)NC2=CNC(C)(N3CCOCC3)C(c3ccncc3)=C2)c1. The normalized spacial score (nSPS) is 21.9. The highest BCUT2D eigenvalue weighted by Gasteiger charge is 2.38. The highest BCUT2D eigenvalue weighted by Crippen LogP contribution is 2.34. The van der Waals surface area contributed by atoms with Crippen LogP contribution in [0.4, 0.5) is 8.78 Å². The fourth-order valence-electron chi connectivity index (χ4n) is 4.01. The Morgan fingerprint density at radius 1 is 1.22 bits per heavy atom. The molecule has 1 fully saturated rings. The van der Waals surface area contributed by atoms with E-state index in [1.165, 1.54) is 24.3 Å². The summed E-state index contributed by atoms with van der Waals surface area (Å²) < 4.78 is 32.9. The molecule has 168 valence electrons. The average Bonchev–Trinajstić information content (AvgIpc) is 2.81. The highest BCUT2D eigenvalue weighted by molar-refractivity contribution is 5.96. The van der Waals surface area contributed by atoms with E-state index in [9.17, 15) is 13.6 Å². The molecule has 6 nitrogen and oxygen atoms in total. The van der Waals surface area contributed by atoms with Crippen molar-refractivity contribution in [2.75, 3.05) is 26.3 Å². The summed E-state index contributed by atoms with van der Waals surface area (Å²) in [5, 5.41) is 6.28. The number of allylic oxidation sites excluding steroid dienone is 1. The van der Waals surface area contributed by atoms with Crippen molar-refractivity contribution in [2.24, 2.45) is 0 Å². The number of carbonyl (C=O) groups is 1. The van der Waals surface area contributed by atoms with E-state index < -0.39 is 17.5 Å². The van der Waals surface area contributed by atoms with Crippen molar-refractivity contribution in [3.63, 3.8) is 0 Å². The molecule has 1 aromatic heterocycles. The van der Waals surface area contributed by atoms with Crippen LogP contribution in [0.25, 0.3) is 5.57 Å². The van der Waals surface area contributed by atoms with Crippen LogP contribution >= 0.6 is 0 Å². The molecular weight excluding hydrogens is 414 g/mol. The number of rotatable bonds is 5. The van der Waals surface area contributed by atoms with Crippen molar-refractivity contribution in [3.8, 4) is 0 Å². The third-order valence-corrected chi connectivity index (χ3v) is 5.86. The minimum atomic E-state index is -3.02. The zero-order valence-corrected chi connectivity index (χ0v) is 18.1. The Bertz CT molecular complexity index is 1040. The number of alkyl halides is 2. The highest BCUT2D eigenvalue weighted by atomic mass is 19.3. The largest absolute Gasteiger partial charge is 0.379 e. The van der Waals surface area contributed by atoms with Gasteiger partial charge >= 0.3 is 0 Å². The minimum absolute atomic E-state index is 0.172. The second-order valence-electron chi connectivity index (χ2n) is 8.13. The van der Waals surface area contributed by atoms with Crippen LogP contribution in [0.2, 0.25) is 0 Å². The number of aromatic nitrogens is 1. The van der Waals surface area contributed by atoms with Crippen LogP contribution in [0.5, 0.6) is 0 Å². The van der Waals surface area contributed by atoms with Crippen LogP contribution in [0.15, 0.2) is 66.8 Å². The summed E-state index contributed by atoms with van der Waals surface area (Å²) in [7, 11) is 0. The van der Waals surface area contributed by atoms with E-state index in [-0.39, 0.29) is 11.1 Å². The lowest BCUT2D eigenvalue weighted by Gasteiger charge is -2.46.